The van der Waals surface area contributed by atoms with E-state index in [-0.39, 0.29) is 0 Å². The van der Waals surface area contributed by atoms with Crippen LogP contribution >= 0.6 is 0 Å². The maximum Gasteiger partial charge on any atom is 0.0586 e. The fourth-order valence-electron chi connectivity index (χ4n) is 2.85. The van der Waals surface area contributed by atoms with Crippen LogP contribution in [-0.4, -0.2) is 17.0 Å². The molecule has 0 N–H and O–H groups in total. The Kier molecular flexibility index (Phi) is 2.25. The van der Waals surface area contributed by atoms with Crippen molar-refractivity contribution in [3.63, 3.8) is 0 Å². The Bertz CT molecular complexity index is 289. The summed E-state index contributed by atoms with van der Waals surface area (Å²) in [6.45, 7) is 16.2. The fourth-order valence-corrected chi connectivity index (χ4v) is 2.85. The molecule has 0 aromatic rings. The highest BCUT2D eigenvalue weighted by Crippen LogP contribution is 2.55. The van der Waals surface area contributed by atoms with Gasteiger partial charge in [-0.05, 0) is 30.6 Å². The van der Waals surface area contributed by atoms with Gasteiger partial charge in [-0.3, -0.25) is 0 Å². The minimum absolute atomic E-state index is 0.364. The van der Waals surface area contributed by atoms with Crippen molar-refractivity contribution in [3.05, 3.63) is 24.9 Å². The molecule has 0 atom stereocenters. The lowest BCUT2D eigenvalue weighted by atomic mass is 9.74. The van der Waals surface area contributed by atoms with Gasteiger partial charge in [0.1, 0.15) is 0 Å². The van der Waals surface area contributed by atoms with Gasteiger partial charge in [-0.1, -0.05) is 33.4 Å². The molecule has 1 saturated carbocycles. The number of nitrogens with zero attached hydrogens (tertiary/aromatic N) is 1. The van der Waals surface area contributed by atoms with Crippen LogP contribution in [0.25, 0.3) is 0 Å². The van der Waals surface area contributed by atoms with E-state index in [9.17, 15) is 0 Å². The Morgan fingerprint density at radius 2 is 2.07 bits per heavy atom. The molecule has 2 aliphatic rings. The zero-order chi connectivity index (χ0) is 11.3. The highest BCUT2D eigenvalue weighted by atomic mass is 15.4. The molecule has 0 unspecified atom stereocenters. The molecule has 0 radical (unpaired) electrons. The van der Waals surface area contributed by atoms with Gasteiger partial charge in [-0.2, -0.15) is 0 Å². The van der Waals surface area contributed by atoms with E-state index in [1.165, 1.54) is 25.1 Å². The molecule has 1 aliphatic carbocycles. The van der Waals surface area contributed by atoms with E-state index in [4.69, 9.17) is 0 Å². The Morgan fingerprint density at radius 3 is 2.53 bits per heavy atom. The Balaban J connectivity index is 1.84. The summed E-state index contributed by atoms with van der Waals surface area (Å²) in [5.74, 6) is 0.762. The predicted molar refractivity (Wildman–Crippen MR) is 65.6 cm³/mol. The summed E-state index contributed by atoms with van der Waals surface area (Å²) in [6, 6.07) is 0. The topological polar surface area (TPSA) is 3.01 Å². The van der Waals surface area contributed by atoms with Crippen molar-refractivity contribution in [3.8, 4) is 0 Å². The molecule has 1 nitrogen and oxygen atoms in total. The molecule has 0 aromatic heterocycles. The van der Waals surface area contributed by atoms with E-state index in [0.717, 1.165) is 12.3 Å². The highest BCUT2D eigenvalue weighted by Gasteiger charge is 2.59. The lowest BCUT2D eigenvalue weighted by molar-refractivity contribution is 0.227. The molecule has 2 rings (SSSR count). The van der Waals surface area contributed by atoms with Crippen LogP contribution in [0.15, 0.2) is 24.9 Å². The largest absolute Gasteiger partial charge is 0.365 e. The van der Waals surface area contributed by atoms with Crippen molar-refractivity contribution in [2.75, 3.05) is 6.54 Å². The van der Waals surface area contributed by atoms with E-state index in [1.54, 1.807) is 0 Å². The second-order valence-corrected chi connectivity index (χ2v) is 6.52. The summed E-state index contributed by atoms with van der Waals surface area (Å²) < 4.78 is 0. The van der Waals surface area contributed by atoms with Gasteiger partial charge >= 0.3 is 0 Å². The Hall–Kier alpha value is -0.720. The zero-order valence-electron chi connectivity index (χ0n) is 10.3. The molecule has 1 heteroatoms. The molecule has 84 valence electrons. The average Bonchev–Trinajstić information content (AvgIpc) is 2.72. The molecule has 1 spiro atoms. The molecular weight excluding hydrogens is 182 g/mol. The van der Waals surface area contributed by atoms with Gasteiger partial charge in [0.05, 0.1) is 5.54 Å². The first-order valence-corrected chi connectivity index (χ1v) is 5.94. The number of allylic oxidation sites excluding steroid dienone is 2. The lowest BCUT2D eigenvalue weighted by Crippen LogP contribution is -2.35. The van der Waals surface area contributed by atoms with Crippen molar-refractivity contribution in [2.45, 2.75) is 45.6 Å². The maximum atomic E-state index is 4.23. The first kappa shape index (κ1) is 10.8. The van der Waals surface area contributed by atoms with Crippen LogP contribution in [0, 0.1) is 11.3 Å². The molecule has 1 aliphatic heterocycles. The second-order valence-electron chi connectivity index (χ2n) is 6.52. The van der Waals surface area contributed by atoms with Crippen LogP contribution in [0.3, 0.4) is 0 Å². The summed E-state index contributed by atoms with van der Waals surface area (Å²) in [7, 11) is 0. The number of hydrogen-bond acceptors (Lipinski definition) is 1. The van der Waals surface area contributed by atoms with Gasteiger partial charge in [0.25, 0.3) is 0 Å². The first-order valence-electron chi connectivity index (χ1n) is 5.94. The minimum atomic E-state index is 0.364. The van der Waals surface area contributed by atoms with Crippen molar-refractivity contribution in [1.82, 2.24) is 4.90 Å². The SMILES string of the molecule is C=CC1CC2(C1)CN2C(=C)CC(C)(C)C. The van der Waals surface area contributed by atoms with Crippen molar-refractivity contribution >= 4 is 0 Å². The van der Waals surface area contributed by atoms with E-state index in [1.807, 2.05) is 0 Å². The van der Waals surface area contributed by atoms with E-state index >= 15 is 0 Å². The molecule has 15 heavy (non-hydrogen) atoms. The Morgan fingerprint density at radius 1 is 1.47 bits per heavy atom. The number of rotatable bonds is 3. The lowest BCUT2D eigenvalue weighted by Gasteiger charge is -2.35. The van der Waals surface area contributed by atoms with Crippen molar-refractivity contribution in [2.24, 2.45) is 11.3 Å². The average molecular weight is 205 g/mol. The maximum absolute atomic E-state index is 4.23. The molecule has 2 fully saturated rings. The zero-order valence-corrected chi connectivity index (χ0v) is 10.3. The van der Waals surface area contributed by atoms with Gasteiger partial charge < -0.3 is 4.90 Å². The van der Waals surface area contributed by atoms with Crippen LogP contribution in [0.5, 0.6) is 0 Å². The highest BCUT2D eigenvalue weighted by molar-refractivity contribution is 5.25. The van der Waals surface area contributed by atoms with Gasteiger partial charge in [0, 0.05) is 12.2 Å². The third kappa shape index (κ3) is 1.97. The van der Waals surface area contributed by atoms with Crippen LogP contribution in [0.2, 0.25) is 0 Å². The van der Waals surface area contributed by atoms with Crippen LogP contribution in [0.1, 0.15) is 40.0 Å². The standard InChI is InChI=1S/C14H23N/c1-6-12-8-14(9-12)10-15(14)11(2)7-13(3,4)5/h6,12H,1-2,7-10H2,3-5H3. The van der Waals surface area contributed by atoms with E-state index in [0.29, 0.717) is 11.0 Å². The van der Waals surface area contributed by atoms with Crippen molar-refractivity contribution < 1.29 is 0 Å². The molecule has 1 saturated heterocycles. The number of hydrogen-bond donors (Lipinski definition) is 0. The summed E-state index contributed by atoms with van der Waals surface area (Å²) in [5.41, 5.74) is 2.22. The van der Waals surface area contributed by atoms with Gasteiger partial charge in [-0.15, -0.1) is 6.58 Å². The van der Waals surface area contributed by atoms with Crippen LogP contribution in [-0.2, 0) is 0 Å². The summed E-state index contributed by atoms with van der Waals surface area (Å²) in [5, 5.41) is 0. The Labute approximate surface area is 93.9 Å². The summed E-state index contributed by atoms with van der Waals surface area (Å²) >= 11 is 0. The smallest absolute Gasteiger partial charge is 0.0586 e. The quantitative estimate of drug-likeness (QED) is 0.502. The van der Waals surface area contributed by atoms with Crippen LogP contribution in [0.4, 0.5) is 0 Å². The minimum Gasteiger partial charge on any atom is -0.365 e. The molecular formula is C14H23N. The van der Waals surface area contributed by atoms with Gasteiger partial charge in [0.2, 0.25) is 0 Å². The van der Waals surface area contributed by atoms with Gasteiger partial charge in [0.15, 0.2) is 0 Å². The molecule has 0 amide bonds. The summed E-state index contributed by atoms with van der Waals surface area (Å²) in [4.78, 5) is 2.51. The van der Waals surface area contributed by atoms with E-state index in [2.05, 4.69) is 44.9 Å². The third-order valence-electron chi connectivity index (χ3n) is 3.66. The van der Waals surface area contributed by atoms with Crippen molar-refractivity contribution in [1.29, 1.82) is 0 Å². The van der Waals surface area contributed by atoms with E-state index < -0.39 is 0 Å². The fraction of sp³-hybridized carbons (Fsp3) is 0.714. The molecule has 0 aromatic carbocycles. The van der Waals surface area contributed by atoms with Gasteiger partial charge in [-0.25, -0.2) is 0 Å². The first-order chi connectivity index (χ1) is 6.86. The predicted octanol–water partition coefficient (Wildman–Crippen LogP) is 3.59. The monoisotopic (exact) mass is 205 g/mol. The molecule has 0 bridgehead atoms. The normalized spacial score (nSPS) is 33.8. The third-order valence-corrected chi connectivity index (χ3v) is 3.66. The van der Waals surface area contributed by atoms with Crippen LogP contribution < -0.4 is 0 Å². The summed E-state index contributed by atoms with van der Waals surface area (Å²) in [6.07, 6.45) is 5.83. The second kappa shape index (κ2) is 3.13. The molecule has 1 heterocycles.